The molecule has 4 heterocycles. The normalized spacial score (nSPS) is 29.1. The smallest absolute Gasteiger partial charge is 0.272 e. The van der Waals surface area contributed by atoms with Crippen LogP contribution in [-0.4, -0.2) is 66.3 Å². The van der Waals surface area contributed by atoms with Crippen molar-refractivity contribution in [3.63, 3.8) is 0 Å². The van der Waals surface area contributed by atoms with Crippen molar-refractivity contribution in [3.05, 3.63) is 71.8 Å². The lowest BCUT2D eigenvalue weighted by atomic mass is 10.0. The van der Waals surface area contributed by atoms with E-state index in [0.29, 0.717) is 29.6 Å². The number of tetrazole rings is 1. The first-order valence-electron chi connectivity index (χ1n) is 11.6. The number of nitrogens with one attached hydrogen (secondary N) is 1. The quantitative estimate of drug-likeness (QED) is 0.590. The van der Waals surface area contributed by atoms with Gasteiger partial charge >= 0.3 is 0 Å². The number of benzene rings is 1. The lowest BCUT2D eigenvalue weighted by Crippen LogP contribution is -2.35. The van der Waals surface area contributed by atoms with Gasteiger partial charge in [-0.1, -0.05) is 36.4 Å². The van der Waals surface area contributed by atoms with E-state index in [2.05, 4.69) is 25.8 Å². The number of hydrogen-bond acceptors (Lipinski definition) is 7. The van der Waals surface area contributed by atoms with Crippen LogP contribution in [0.3, 0.4) is 0 Å². The first-order chi connectivity index (χ1) is 16.2. The summed E-state index contributed by atoms with van der Waals surface area (Å²) >= 11 is 0. The van der Waals surface area contributed by atoms with E-state index in [1.165, 1.54) is 0 Å². The molecule has 2 N–H and O–H groups in total. The fraction of sp³-hybridized carbons (Fsp3) is 0.458. The molecule has 1 aliphatic carbocycles. The highest BCUT2D eigenvalue weighted by Crippen LogP contribution is 2.54. The van der Waals surface area contributed by atoms with E-state index in [0.717, 1.165) is 43.5 Å². The maximum absolute atomic E-state index is 12.9. The van der Waals surface area contributed by atoms with E-state index in [9.17, 15) is 9.90 Å². The van der Waals surface area contributed by atoms with Crippen LogP contribution in [0.4, 0.5) is 0 Å². The van der Waals surface area contributed by atoms with Crippen LogP contribution in [-0.2, 0) is 6.42 Å². The first kappa shape index (κ1) is 20.4. The lowest BCUT2D eigenvalue weighted by molar-refractivity contribution is 0.0761. The number of aliphatic hydroxyl groups is 1. The lowest BCUT2D eigenvalue weighted by Gasteiger charge is -2.21. The van der Waals surface area contributed by atoms with E-state index >= 15 is 0 Å². The van der Waals surface area contributed by atoms with Crippen molar-refractivity contribution in [2.24, 2.45) is 11.8 Å². The average Bonchev–Trinajstić information content (AvgIpc) is 3.38. The highest BCUT2D eigenvalue weighted by atomic mass is 16.3. The minimum absolute atomic E-state index is 0.00532. The number of pyridine rings is 1. The van der Waals surface area contributed by atoms with Gasteiger partial charge in [0.1, 0.15) is 12.0 Å². The fourth-order valence-corrected chi connectivity index (χ4v) is 5.62. The summed E-state index contributed by atoms with van der Waals surface area (Å²) in [4.78, 5) is 19.3. The molecule has 1 amide bonds. The van der Waals surface area contributed by atoms with Crippen molar-refractivity contribution < 1.29 is 9.90 Å². The minimum atomic E-state index is -0.499. The molecule has 3 fully saturated rings. The van der Waals surface area contributed by atoms with Crippen LogP contribution in [0.5, 0.6) is 0 Å². The Balaban J connectivity index is 1.02. The number of carbonyl (C=O) groups is 1. The molecular formula is C24H27N7O2. The SMILES string of the molecule is O=C(c1ccc(C[C@@H]2CC[C@H]([C@H](O)c3ccccc3)N2)cn1)N1CC2C(n3cnnn3)[C@H]2C1. The van der Waals surface area contributed by atoms with Gasteiger partial charge in [-0.3, -0.25) is 9.78 Å². The van der Waals surface area contributed by atoms with Crippen molar-refractivity contribution in [3.8, 4) is 0 Å². The Morgan fingerprint density at radius 1 is 1.12 bits per heavy atom. The number of aliphatic hydroxyl groups excluding tert-OH is 1. The van der Waals surface area contributed by atoms with Gasteiger partial charge in [-0.15, -0.1) is 5.10 Å². The van der Waals surface area contributed by atoms with Crippen molar-refractivity contribution in [1.82, 2.24) is 35.4 Å². The molecule has 2 unspecified atom stereocenters. The predicted octanol–water partition coefficient (Wildman–Crippen LogP) is 1.41. The molecule has 9 heteroatoms. The molecule has 3 aliphatic rings. The van der Waals surface area contributed by atoms with Crippen molar-refractivity contribution in [2.75, 3.05) is 13.1 Å². The van der Waals surface area contributed by atoms with Gasteiger partial charge in [-0.2, -0.15) is 0 Å². The standard InChI is InChI=1S/C24H27N7O2/c32-23(16-4-2-1-3-5-16)20-9-7-17(27-20)10-15-6-8-21(25-11-15)24(33)30-12-18-19(13-30)22(18)31-14-26-28-29-31/h1-6,8,11,14,17-20,22-23,27,32H,7,9-10,12-13H2/t17-,18-,19?,20+,22?,23+/m0/s1. The summed E-state index contributed by atoms with van der Waals surface area (Å²) < 4.78 is 1.81. The third-order valence-corrected chi connectivity index (χ3v) is 7.43. The second-order valence-electron chi connectivity index (χ2n) is 9.48. The molecule has 170 valence electrons. The topological polar surface area (TPSA) is 109 Å². The van der Waals surface area contributed by atoms with Crippen LogP contribution in [0.25, 0.3) is 0 Å². The summed E-state index contributed by atoms with van der Waals surface area (Å²) in [5.41, 5.74) is 2.54. The van der Waals surface area contributed by atoms with Crippen LogP contribution in [0, 0.1) is 11.8 Å². The summed E-state index contributed by atoms with van der Waals surface area (Å²) in [5, 5.41) is 25.7. The van der Waals surface area contributed by atoms with Gasteiger partial charge in [0.05, 0.1) is 12.1 Å². The summed E-state index contributed by atoms with van der Waals surface area (Å²) in [6.07, 6.45) is 5.75. The summed E-state index contributed by atoms with van der Waals surface area (Å²) in [6, 6.07) is 14.3. The highest BCUT2D eigenvalue weighted by molar-refractivity contribution is 5.92. The molecule has 1 aromatic carbocycles. The van der Waals surface area contributed by atoms with Crippen LogP contribution in [0.15, 0.2) is 55.0 Å². The van der Waals surface area contributed by atoms with Gasteiger partial charge in [0, 0.05) is 43.2 Å². The van der Waals surface area contributed by atoms with Crippen LogP contribution in [0.2, 0.25) is 0 Å². The number of fused-ring (bicyclic) bond motifs is 1. The molecule has 2 saturated heterocycles. The molecule has 3 aromatic rings. The summed E-state index contributed by atoms with van der Waals surface area (Å²) in [6.45, 7) is 1.46. The zero-order valence-electron chi connectivity index (χ0n) is 18.2. The molecule has 2 aliphatic heterocycles. The molecule has 6 rings (SSSR count). The second kappa shape index (κ2) is 8.31. The van der Waals surface area contributed by atoms with E-state index in [4.69, 9.17) is 0 Å². The van der Waals surface area contributed by atoms with Crippen molar-refractivity contribution in [2.45, 2.75) is 43.5 Å². The fourth-order valence-electron chi connectivity index (χ4n) is 5.62. The number of amides is 1. The number of likely N-dealkylation sites (tertiary alicyclic amines) is 1. The molecule has 33 heavy (non-hydrogen) atoms. The van der Waals surface area contributed by atoms with E-state index in [1.807, 2.05) is 58.2 Å². The Kier molecular flexibility index (Phi) is 5.15. The van der Waals surface area contributed by atoms with Crippen molar-refractivity contribution in [1.29, 1.82) is 0 Å². The molecule has 6 atom stereocenters. The maximum atomic E-state index is 12.9. The largest absolute Gasteiger partial charge is 0.387 e. The van der Waals surface area contributed by atoms with E-state index in [1.54, 1.807) is 6.33 Å². The Labute approximate surface area is 191 Å². The number of rotatable bonds is 6. The number of hydrogen-bond donors (Lipinski definition) is 2. The van der Waals surface area contributed by atoms with E-state index in [-0.39, 0.29) is 11.9 Å². The highest BCUT2D eigenvalue weighted by Gasteiger charge is 2.58. The molecule has 9 nitrogen and oxygen atoms in total. The van der Waals surface area contributed by atoms with Crippen LogP contribution < -0.4 is 5.32 Å². The molecule has 2 aromatic heterocycles. The van der Waals surface area contributed by atoms with Crippen LogP contribution in [0.1, 0.15) is 46.6 Å². The molecule has 0 radical (unpaired) electrons. The van der Waals surface area contributed by atoms with E-state index < -0.39 is 6.10 Å². The number of aromatic nitrogens is 5. The monoisotopic (exact) mass is 445 g/mol. The minimum Gasteiger partial charge on any atom is -0.387 e. The Morgan fingerprint density at radius 2 is 1.94 bits per heavy atom. The molecule has 0 bridgehead atoms. The second-order valence-corrected chi connectivity index (χ2v) is 9.48. The zero-order chi connectivity index (χ0) is 22.4. The molecule has 1 saturated carbocycles. The van der Waals surface area contributed by atoms with Gasteiger partial charge < -0.3 is 15.3 Å². The Hall–Kier alpha value is -3.17. The Bertz CT molecular complexity index is 1090. The first-order valence-corrected chi connectivity index (χ1v) is 11.6. The van der Waals surface area contributed by atoms with Gasteiger partial charge in [-0.05, 0) is 46.9 Å². The van der Waals surface area contributed by atoms with Gasteiger partial charge in [0.25, 0.3) is 5.91 Å². The van der Waals surface area contributed by atoms with Gasteiger partial charge in [0.2, 0.25) is 0 Å². The van der Waals surface area contributed by atoms with Gasteiger partial charge in [-0.25, -0.2) is 4.68 Å². The predicted molar refractivity (Wildman–Crippen MR) is 119 cm³/mol. The third kappa shape index (κ3) is 3.91. The average molecular weight is 446 g/mol. The number of carbonyl (C=O) groups excluding carboxylic acids is 1. The third-order valence-electron chi connectivity index (χ3n) is 7.43. The number of piperidine rings is 1. The Morgan fingerprint density at radius 3 is 2.64 bits per heavy atom. The van der Waals surface area contributed by atoms with Crippen molar-refractivity contribution >= 4 is 5.91 Å². The zero-order valence-corrected chi connectivity index (χ0v) is 18.2. The molecular weight excluding hydrogens is 418 g/mol. The maximum Gasteiger partial charge on any atom is 0.272 e. The summed E-state index contributed by atoms with van der Waals surface area (Å²) in [5.74, 6) is 0.864. The van der Waals surface area contributed by atoms with Crippen LogP contribution >= 0.6 is 0 Å². The van der Waals surface area contributed by atoms with Gasteiger partial charge in [0.15, 0.2) is 0 Å². The molecule has 0 spiro atoms. The number of nitrogens with zero attached hydrogens (tertiary/aromatic N) is 6. The summed E-state index contributed by atoms with van der Waals surface area (Å²) in [7, 11) is 0.